The Bertz CT molecular complexity index is 422. The van der Waals surface area contributed by atoms with Gasteiger partial charge in [0.2, 0.25) is 0 Å². The van der Waals surface area contributed by atoms with E-state index >= 15 is 0 Å². The largest absolute Gasteiger partial charge is 0.368 e. The highest BCUT2D eigenvalue weighted by molar-refractivity contribution is 5.54. The van der Waals surface area contributed by atoms with Crippen LogP contribution in [0.5, 0.6) is 0 Å². The Morgan fingerprint density at radius 3 is 2.84 bits per heavy atom. The molecule has 1 atom stereocenters. The molecular formula is C15H24FN3. The number of halogens is 1. The second-order valence-electron chi connectivity index (χ2n) is 5.30. The zero-order valence-corrected chi connectivity index (χ0v) is 11.9. The number of nitrogens with two attached hydrogens (primary N) is 1. The highest BCUT2D eigenvalue weighted by Gasteiger charge is 2.24. The lowest BCUT2D eigenvalue weighted by atomic mass is 10.0. The van der Waals surface area contributed by atoms with E-state index < -0.39 is 0 Å². The Labute approximate surface area is 115 Å². The van der Waals surface area contributed by atoms with Gasteiger partial charge in [-0.2, -0.15) is 0 Å². The standard InChI is InChI=1S/C15H24FN3/c1-3-14-11-19(9-8-18(14)2)15-5-4-13(16)10-12(15)6-7-17/h4-5,10,14H,3,6-9,11,17H2,1-2H3. The van der Waals surface area contributed by atoms with Crippen LogP contribution in [0.2, 0.25) is 0 Å². The Kier molecular flexibility index (Phi) is 4.77. The van der Waals surface area contributed by atoms with Crippen molar-refractivity contribution in [1.29, 1.82) is 0 Å². The van der Waals surface area contributed by atoms with E-state index in [1.807, 2.05) is 6.07 Å². The van der Waals surface area contributed by atoms with Crippen LogP contribution in [0.3, 0.4) is 0 Å². The summed E-state index contributed by atoms with van der Waals surface area (Å²) in [5.41, 5.74) is 7.82. The molecule has 19 heavy (non-hydrogen) atoms. The zero-order valence-electron chi connectivity index (χ0n) is 11.9. The van der Waals surface area contributed by atoms with Crippen LogP contribution in [0, 0.1) is 5.82 Å². The van der Waals surface area contributed by atoms with E-state index in [1.165, 1.54) is 0 Å². The van der Waals surface area contributed by atoms with Gasteiger partial charge in [0.05, 0.1) is 0 Å². The molecule has 4 heteroatoms. The Hall–Kier alpha value is -1.13. The number of nitrogens with zero attached hydrogens (tertiary/aromatic N) is 2. The minimum atomic E-state index is -0.173. The highest BCUT2D eigenvalue weighted by Crippen LogP contribution is 2.25. The fraction of sp³-hybridized carbons (Fsp3) is 0.600. The minimum Gasteiger partial charge on any atom is -0.368 e. The summed E-state index contributed by atoms with van der Waals surface area (Å²) < 4.78 is 13.4. The van der Waals surface area contributed by atoms with Crippen molar-refractivity contribution in [3.63, 3.8) is 0 Å². The maximum Gasteiger partial charge on any atom is 0.123 e. The monoisotopic (exact) mass is 265 g/mol. The first-order valence-corrected chi connectivity index (χ1v) is 7.09. The van der Waals surface area contributed by atoms with E-state index in [0.717, 1.165) is 43.7 Å². The number of likely N-dealkylation sites (N-methyl/N-ethyl adjacent to an activating group) is 1. The van der Waals surface area contributed by atoms with Crippen LogP contribution < -0.4 is 10.6 Å². The lowest BCUT2D eigenvalue weighted by molar-refractivity contribution is 0.213. The van der Waals surface area contributed by atoms with Crippen molar-refractivity contribution in [3.05, 3.63) is 29.6 Å². The fourth-order valence-corrected chi connectivity index (χ4v) is 2.82. The summed E-state index contributed by atoms with van der Waals surface area (Å²) in [5, 5.41) is 0. The lowest BCUT2D eigenvalue weighted by Crippen LogP contribution is -2.51. The molecule has 0 radical (unpaired) electrons. The van der Waals surface area contributed by atoms with Crippen molar-refractivity contribution in [1.82, 2.24) is 4.90 Å². The van der Waals surface area contributed by atoms with Crippen LogP contribution in [0.1, 0.15) is 18.9 Å². The second kappa shape index (κ2) is 6.35. The molecule has 0 spiro atoms. The van der Waals surface area contributed by atoms with Crippen molar-refractivity contribution >= 4 is 5.69 Å². The number of rotatable bonds is 4. The summed E-state index contributed by atoms with van der Waals surface area (Å²) in [6.45, 7) is 5.84. The molecular weight excluding hydrogens is 241 g/mol. The summed E-state index contributed by atoms with van der Waals surface area (Å²) in [7, 11) is 2.18. The molecule has 1 aliphatic heterocycles. The van der Waals surface area contributed by atoms with Crippen LogP contribution in [0.15, 0.2) is 18.2 Å². The third-order valence-corrected chi connectivity index (χ3v) is 4.04. The smallest absolute Gasteiger partial charge is 0.123 e. The van der Waals surface area contributed by atoms with Gasteiger partial charge in [-0.25, -0.2) is 4.39 Å². The normalized spacial score (nSPS) is 20.8. The third-order valence-electron chi connectivity index (χ3n) is 4.04. The summed E-state index contributed by atoms with van der Waals surface area (Å²) >= 11 is 0. The van der Waals surface area contributed by atoms with Gasteiger partial charge < -0.3 is 10.6 Å². The fourth-order valence-electron chi connectivity index (χ4n) is 2.82. The molecule has 1 aromatic carbocycles. The van der Waals surface area contributed by atoms with E-state index in [4.69, 9.17) is 5.73 Å². The molecule has 2 N–H and O–H groups in total. The van der Waals surface area contributed by atoms with Gasteiger partial charge in [-0.3, -0.25) is 4.90 Å². The molecule has 0 aliphatic carbocycles. The zero-order chi connectivity index (χ0) is 13.8. The maximum absolute atomic E-state index is 13.4. The van der Waals surface area contributed by atoms with Gasteiger partial charge in [-0.15, -0.1) is 0 Å². The molecule has 0 aromatic heterocycles. The maximum atomic E-state index is 13.4. The first kappa shape index (κ1) is 14.3. The molecule has 1 saturated heterocycles. The molecule has 1 unspecified atom stereocenters. The average molecular weight is 265 g/mol. The van der Waals surface area contributed by atoms with Crippen LogP contribution in [0.4, 0.5) is 10.1 Å². The highest BCUT2D eigenvalue weighted by atomic mass is 19.1. The van der Waals surface area contributed by atoms with Gasteiger partial charge in [0.1, 0.15) is 5.82 Å². The molecule has 0 bridgehead atoms. The summed E-state index contributed by atoms with van der Waals surface area (Å²) in [6.07, 6.45) is 1.87. The van der Waals surface area contributed by atoms with Crippen LogP contribution in [-0.2, 0) is 6.42 Å². The summed E-state index contributed by atoms with van der Waals surface area (Å²) in [4.78, 5) is 4.78. The van der Waals surface area contributed by atoms with E-state index in [9.17, 15) is 4.39 Å². The number of anilines is 1. The number of benzene rings is 1. The van der Waals surface area contributed by atoms with E-state index in [2.05, 4.69) is 23.8 Å². The Morgan fingerprint density at radius 1 is 1.37 bits per heavy atom. The van der Waals surface area contributed by atoms with Gasteiger partial charge in [0.15, 0.2) is 0 Å². The summed E-state index contributed by atoms with van der Waals surface area (Å²) in [5.74, 6) is -0.173. The van der Waals surface area contributed by atoms with Crippen molar-refractivity contribution < 1.29 is 4.39 Å². The molecule has 0 amide bonds. The Balaban J connectivity index is 2.21. The second-order valence-corrected chi connectivity index (χ2v) is 5.30. The van der Waals surface area contributed by atoms with Gasteiger partial charge >= 0.3 is 0 Å². The number of hydrogen-bond acceptors (Lipinski definition) is 3. The molecule has 1 fully saturated rings. The topological polar surface area (TPSA) is 32.5 Å². The third kappa shape index (κ3) is 3.25. The van der Waals surface area contributed by atoms with Crippen LogP contribution in [0.25, 0.3) is 0 Å². The van der Waals surface area contributed by atoms with Gasteiger partial charge in [-0.1, -0.05) is 6.92 Å². The molecule has 106 valence electrons. The average Bonchev–Trinajstić information content (AvgIpc) is 2.40. The number of hydrogen-bond donors (Lipinski definition) is 1. The number of piperazine rings is 1. The first-order chi connectivity index (χ1) is 9.15. The minimum absolute atomic E-state index is 0.173. The van der Waals surface area contributed by atoms with Crippen molar-refractivity contribution in [2.45, 2.75) is 25.8 Å². The van der Waals surface area contributed by atoms with E-state index in [-0.39, 0.29) is 5.82 Å². The molecule has 3 nitrogen and oxygen atoms in total. The molecule has 0 saturated carbocycles. The quantitative estimate of drug-likeness (QED) is 0.902. The predicted octanol–water partition coefficient (Wildman–Crippen LogP) is 1.86. The SMILES string of the molecule is CCC1CN(c2ccc(F)cc2CCN)CCN1C. The lowest BCUT2D eigenvalue weighted by Gasteiger charge is -2.41. The first-order valence-electron chi connectivity index (χ1n) is 7.09. The van der Waals surface area contributed by atoms with Gasteiger partial charge in [0, 0.05) is 31.4 Å². The van der Waals surface area contributed by atoms with Crippen molar-refractivity contribution in [2.24, 2.45) is 5.73 Å². The molecule has 2 rings (SSSR count). The molecule has 1 aromatic rings. The molecule has 1 heterocycles. The van der Waals surface area contributed by atoms with Crippen LogP contribution >= 0.6 is 0 Å². The predicted molar refractivity (Wildman–Crippen MR) is 78.1 cm³/mol. The Morgan fingerprint density at radius 2 is 2.16 bits per heavy atom. The van der Waals surface area contributed by atoms with Gasteiger partial charge in [0.25, 0.3) is 0 Å². The van der Waals surface area contributed by atoms with E-state index in [0.29, 0.717) is 12.6 Å². The van der Waals surface area contributed by atoms with E-state index in [1.54, 1.807) is 12.1 Å². The van der Waals surface area contributed by atoms with Crippen molar-refractivity contribution in [2.75, 3.05) is 38.1 Å². The van der Waals surface area contributed by atoms with Crippen molar-refractivity contribution in [3.8, 4) is 0 Å². The molecule has 1 aliphatic rings. The van der Waals surface area contributed by atoms with Gasteiger partial charge in [-0.05, 0) is 50.2 Å². The van der Waals surface area contributed by atoms with Crippen LogP contribution in [-0.4, -0.2) is 44.2 Å². The summed E-state index contributed by atoms with van der Waals surface area (Å²) in [6, 6.07) is 5.65.